The van der Waals surface area contributed by atoms with E-state index in [0.717, 1.165) is 5.92 Å². The summed E-state index contributed by atoms with van der Waals surface area (Å²) in [5.41, 5.74) is 0. The van der Waals surface area contributed by atoms with E-state index in [1.807, 2.05) is 0 Å². The fraction of sp³-hybridized carbons (Fsp3) is 0.625. The van der Waals surface area contributed by atoms with Crippen molar-refractivity contribution in [2.24, 2.45) is 5.92 Å². The van der Waals surface area contributed by atoms with E-state index in [1.54, 1.807) is 0 Å². The molecule has 1 aliphatic rings. The molecule has 0 aromatic heterocycles. The van der Waals surface area contributed by atoms with Crippen LogP contribution in [0.3, 0.4) is 0 Å². The average Bonchev–Trinajstić information content (AvgIpc) is 1.90. The van der Waals surface area contributed by atoms with Crippen LogP contribution in [0, 0.1) is 12.3 Å². The van der Waals surface area contributed by atoms with Gasteiger partial charge in [0.1, 0.15) is 0 Å². The predicted molar refractivity (Wildman–Crippen MR) is 36.5 cm³/mol. The van der Waals surface area contributed by atoms with Crippen LogP contribution in [-0.2, 0) is 0 Å². The highest BCUT2D eigenvalue weighted by Gasteiger charge is 2.03. The molecule has 0 nitrogen and oxygen atoms in total. The molecular formula is C8H13. The van der Waals surface area contributed by atoms with Crippen LogP contribution in [0.15, 0.2) is 12.2 Å². The van der Waals surface area contributed by atoms with Crippen molar-refractivity contribution in [3.05, 3.63) is 18.6 Å². The second-order valence-electron chi connectivity index (χ2n) is 2.31. The zero-order valence-electron chi connectivity index (χ0n) is 5.43. The molecule has 0 aromatic rings. The minimum atomic E-state index is 0.781. The lowest BCUT2D eigenvalue weighted by atomic mass is 9.94. The van der Waals surface area contributed by atoms with Gasteiger partial charge in [0.2, 0.25) is 0 Å². The molecule has 0 heterocycles. The van der Waals surface area contributed by atoms with E-state index in [-0.39, 0.29) is 0 Å². The topological polar surface area (TPSA) is 0 Å². The normalized spacial score (nSPS) is 28.4. The highest BCUT2D eigenvalue weighted by Crippen LogP contribution is 2.17. The Bertz CT molecular complexity index is 82.0. The van der Waals surface area contributed by atoms with E-state index in [0.29, 0.717) is 0 Å². The lowest BCUT2D eigenvalue weighted by Gasteiger charge is -2.11. The maximum Gasteiger partial charge on any atom is -0.0205 e. The highest BCUT2D eigenvalue weighted by molar-refractivity contribution is 5.00. The van der Waals surface area contributed by atoms with Crippen molar-refractivity contribution in [1.29, 1.82) is 0 Å². The number of hydrogen-bond acceptors (Lipinski definition) is 0. The first-order chi connectivity index (χ1) is 3.93. The summed E-state index contributed by atoms with van der Waals surface area (Å²) in [6.07, 6.45) is 10.8. The number of rotatable bonds is 1. The third-order valence-electron chi connectivity index (χ3n) is 1.66. The zero-order chi connectivity index (χ0) is 5.82. The van der Waals surface area contributed by atoms with Gasteiger partial charge in [0.15, 0.2) is 0 Å². The standard InChI is InChI=1S/C8H13/c1-2-8-6-4-3-5-7-8/h4,6-8H,2-3,5H2,1H3. The van der Waals surface area contributed by atoms with Crippen molar-refractivity contribution in [2.45, 2.75) is 26.2 Å². The van der Waals surface area contributed by atoms with Gasteiger partial charge in [-0.15, -0.1) is 0 Å². The molecule has 1 radical (unpaired) electrons. The fourth-order valence-corrected chi connectivity index (χ4v) is 1.06. The number of hydrogen-bond donors (Lipinski definition) is 0. The van der Waals surface area contributed by atoms with Gasteiger partial charge in [-0.2, -0.15) is 0 Å². The fourth-order valence-electron chi connectivity index (χ4n) is 1.06. The summed E-state index contributed by atoms with van der Waals surface area (Å²) in [6.45, 7) is 2.23. The molecule has 1 atom stereocenters. The quantitative estimate of drug-likeness (QED) is 0.454. The Labute approximate surface area is 51.6 Å². The molecule has 0 aromatic carbocycles. The van der Waals surface area contributed by atoms with Gasteiger partial charge in [-0.3, -0.25) is 0 Å². The largest absolute Gasteiger partial charge is 0.0882 e. The molecule has 1 aliphatic carbocycles. The van der Waals surface area contributed by atoms with Crippen molar-refractivity contribution < 1.29 is 0 Å². The van der Waals surface area contributed by atoms with Gasteiger partial charge in [-0.05, 0) is 31.6 Å². The Kier molecular flexibility index (Phi) is 2.13. The zero-order valence-corrected chi connectivity index (χ0v) is 5.43. The third kappa shape index (κ3) is 1.36. The van der Waals surface area contributed by atoms with Gasteiger partial charge >= 0.3 is 0 Å². The Morgan fingerprint density at radius 1 is 1.50 bits per heavy atom. The maximum absolute atomic E-state index is 2.40. The van der Waals surface area contributed by atoms with Crippen molar-refractivity contribution in [1.82, 2.24) is 0 Å². The van der Waals surface area contributed by atoms with E-state index in [9.17, 15) is 0 Å². The van der Waals surface area contributed by atoms with Crippen LogP contribution in [0.4, 0.5) is 0 Å². The van der Waals surface area contributed by atoms with Crippen molar-refractivity contribution in [3.8, 4) is 0 Å². The second kappa shape index (κ2) is 2.91. The summed E-state index contributed by atoms with van der Waals surface area (Å²) in [7, 11) is 0. The molecule has 0 saturated carbocycles. The Balaban J connectivity index is 2.32. The van der Waals surface area contributed by atoms with Crippen LogP contribution < -0.4 is 0 Å². The monoisotopic (exact) mass is 109 g/mol. The molecule has 1 unspecified atom stereocenters. The summed E-state index contributed by atoms with van der Waals surface area (Å²) >= 11 is 0. The van der Waals surface area contributed by atoms with E-state index >= 15 is 0 Å². The summed E-state index contributed by atoms with van der Waals surface area (Å²) in [6, 6.07) is 0. The van der Waals surface area contributed by atoms with Crippen LogP contribution in [0.1, 0.15) is 26.2 Å². The summed E-state index contributed by atoms with van der Waals surface area (Å²) in [5.74, 6) is 0.781. The van der Waals surface area contributed by atoms with Crippen LogP contribution in [0.2, 0.25) is 0 Å². The predicted octanol–water partition coefficient (Wildman–Crippen LogP) is 2.57. The third-order valence-corrected chi connectivity index (χ3v) is 1.66. The van der Waals surface area contributed by atoms with Crippen molar-refractivity contribution in [2.75, 3.05) is 0 Å². The summed E-state index contributed by atoms with van der Waals surface area (Å²) in [4.78, 5) is 0. The van der Waals surface area contributed by atoms with Gasteiger partial charge in [0.25, 0.3) is 0 Å². The summed E-state index contributed by atoms with van der Waals surface area (Å²) < 4.78 is 0. The molecule has 0 fully saturated rings. The van der Waals surface area contributed by atoms with Gasteiger partial charge in [0.05, 0.1) is 0 Å². The van der Waals surface area contributed by atoms with E-state index in [1.165, 1.54) is 19.3 Å². The molecule has 45 valence electrons. The molecule has 8 heavy (non-hydrogen) atoms. The second-order valence-corrected chi connectivity index (χ2v) is 2.31. The summed E-state index contributed by atoms with van der Waals surface area (Å²) in [5, 5.41) is 0. The maximum atomic E-state index is 2.40. The molecule has 0 N–H and O–H groups in total. The minimum Gasteiger partial charge on any atom is -0.0882 e. The van der Waals surface area contributed by atoms with Crippen molar-refractivity contribution >= 4 is 0 Å². The first kappa shape index (κ1) is 5.87. The van der Waals surface area contributed by atoms with E-state index in [2.05, 4.69) is 25.5 Å². The lowest BCUT2D eigenvalue weighted by Crippen LogP contribution is -1.98. The van der Waals surface area contributed by atoms with Crippen LogP contribution in [0.25, 0.3) is 0 Å². The van der Waals surface area contributed by atoms with Crippen LogP contribution >= 0.6 is 0 Å². The lowest BCUT2D eigenvalue weighted by molar-refractivity contribution is 0.653. The molecule has 0 aliphatic heterocycles. The molecule has 0 heteroatoms. The Hall–Kier alpha value is -0.260. The van der Waals surface area contributed by atoms with Gasteiger partial charge in [-0.25, -0.2) is 0 Å². The molecule has 1 rings (SSSR count). The Morgan fingerprint density at radius 2 is 2.38 bits per heavy atom. The first-order valence-corrected chi connectivity index (χ1v) is 3.43. The molecule has 0 amide bonds. The average molecular weight is 109 g/mol. The van der Waals surface area contributed by atoms with Crippen LogP contribution in [0.5, 0.6) is 0 Å². The van der Waals surface area contributed by atoms with E-state index in [4.69, 9.17) is 0 Å². The molecule has 0 saturated heterocycles. The smallest absolute Gasteiger partial charge is 0.0205 e. The van der Waals surface area contributed by atoms with Gasteiger partial charge in [-0.1, -0.05) is 19.1 Å². The van der Waals surface area contributed by atoms with E-state index < -0.39 is 0 Å². The highest BCUT2D eigenvalue weighted by atomic mass is 14.1. The molecular weight excluding hydrogens is 96.1 g/mol. The molecule has 0 bridgehead atoms. The first-order valence-electron chi connectivity index (χ1n) is 3.43. The molecule has 0 spiro atoms. The van der Waals surface area contributed by atoms with Crippen LogP contribution in [-0.4, -0.2) is 0 Å². The van der Waals surface area contributed by atoms with Gasteiger partial charge in [0, 0.05) is 0 Å². The number of allylic oxidation sites excluding steroid dienone is 2. The van der Waals surface area contributed by atoms with Gasteiger partial charge < -0.3 is 0 Å². The van der Waals surface area contributed by atoms with Crippen molar-refractivity contribution in [3.63, 3.8) is 0 Å². The SMILES string of the molecule is CCC1[CH]CCC=C1. The Morgan fingerprint density at radius 3 is 2.75 bits per heavy atom. The minimum absolute atomic E-state index is 0.781.